The summed E-state index contributed by atoms with van der Waals surface area (Å²) in [5.74, 6) is 0.174. The van der Waals surface area contributed by atoms with E-state index < -0.39 is 11.0 Å². The van der Waals surface area contributed by atoms with Gasteiger partial charge < -0.3 is 5.11 Å². The van der Waals surface area contributed by atoms with E-state index in [1.165, 1.54) is 12.1 Å². The molecule has 1 amide bonds. The predicted molar refractivity (Wildman–Crippen MR) is 56.5 cm³/mol. The molecule has 1 rings (SSSR count). The van der Waals surface area contributed by atoms with Gasteiger partial charge in [-0.15, -0.1) is 0 Å². The molecular weight excluding hydrogens is 214 g/mol. The minimum atomic E-state index is -1.14. The van der Waals surface area contributed by atoms with E-state index >= 15 is 0 Å². The molecule has 1 N–H and O–H groups in total. The zero-order valence-corrected chi connectivity index (χ0v) is 8.82. The van der Waals surface area contributed by atoms with Crippen molar-refractivity contribution in [2.45, 2.75) is 19.9 Å². The molecule has 1 aromatic heterocycles. The lowest BCUT2D eigenvalue weighted by Gasteiger charge is -2.21. The third kappa shape index (κ3) is 2.44. The molecule has 0 bridgehead atoms. The molecule has 86 valence electrons. The van der Waals surface area contributed by atoms with Crippen LogP contribution in [0.25, 0.3) is 0 Å². The largest absolute Gasteiger partial charge is 0.465 e. The van der Waals surface area contributed by atoms with Crippen molar-refractivity contribution in [3.05, 3.63) is 28.4 Å². The van der Waals surface area contributed by atoms with Crippen molar-refractivity contribution in [1.82, 2.24) is 4.98 Å². The zero-order chi connectivity index (χ0) is 12.3. The van der Waals surface area contributed by atoms with Gasteiger partial charge in [0.2, 0.25) is 0 Å². The normalized spacial score (nSPS) is 10.2. The first-order valence-corrected chi connectivity index (χ1v) is 4.56. The van der Waals surface area contributed by atoms with Crippen LogP contribution in [0.4, 0.5) is 16.3 Å². The number of carboxylic acid groups (broad SMARTS) is 1. The SMILES string of the molecule is CC(C)N(C(=O)O)c1ccc([N+](=O)[O-])cn1. The number of carbonyl (C=O) groups is 1. The Morgan fingerprint density at radius 2 is 2.19 bits per heavy atom. The summed E-state index contributed by atoms with van der Waals surface area (Å²) < 4.78 is 0. The maximum absolute atomic E-state index is 10.9. The molecule has 7 heteroatoms. The van der Waals surface area contributed by atoms with Gasteiger partial charge in [0, 0.05) is 12.1 Å². The first kappa shape index (κ1) is 11.9. The second kappa shape index (κ2) is 4.56. The number of rotatable bonds is 3. The Bertz CT molecular complexity index is 402. The Balaban J connectivity index is 3.03. The van der Waals surface area contributed by atoms with E-state index in [1.54, 1.807) is 13.8 Å². The van der Waals surface area contributed by atoms with E-state index in [9.17, 15) is 14.9 Å². The third-order valence-corrected chi connectivity index (χ3v) is 1.91. The average molecular weight is 225 g/mol. The summed E-state index contributed by atoms with van der Waals surface area (Å²) in [6, 6.07) is 2.25. The summed E-state index contributed by atoms with van der Waals surface area (Å²) in [4.78, 5) is 25.5. The van der Waals surface area contributed by atoms with Crippen LogP contribution in [0.3, 0.4) is 0 Å². The van der Waals surface area contributed by atoms with Gasteiger partial charge in [0.25, 0.3) is 5.69 Å². The van der Waals surface area contributed by atoms with Crippen molar-refractivity contribution in [3.8, 4) is 0 Å². The van der Waals surface area contributed by atoms with Crippen LogP contribution in [0, 0.1) is 10.1 Å². The third-order valence-electron chi connectivity index (χ3n) is 1.91. The number of amides is 1. The van der Waals surface area contributed by atoms with Crippen LogP contribution < -0.4 is 4.90 Å². The number of anilines is 1. The van der Waals surface area contributed by atoms with Crippen LogP contribution in [0.5, 0.6) is 0 Å². The number of pyridine rings is 1. The molecule has 16 heavy (non-hydrogen) atoms. The molecule has 1 aromatic rings. The van der Waals surface area contributed by atoms with Crippen LogP contribution in [0.1, 0.15) is 13.8 Å². The fourth-order valence-corrected chi connectivity index (χ4v) is 1.21. The number of nitro groups is 1. The van der Waals surface area contributed by atoms with Crippen LogP contribution in [-0.4, -0.2) is 27.1 Å². The average Bonchev–Trinajstić information content (AvgIpc) is 2.17. The predicted octanol–water partition coefficient (Wildman–Crippen LogP) is 1.88. The first-order chi connectivity index (χ1) is 7.43. The molecule has 0 aromatic carbocycles. The van der Waals surface area contributed by atoms with Gasteiger partial charge in [-0.05, 0) is 19.9 Å². The minimum Gasteiger partial charge on any atom is -0.465 e. The van der Waals surface area contributed by atoms with Crippen LogP contribution in [-0.2, 0) is 0 Å². The zero-order valence-electron chi connectivity index (χ0n) is 8.82. The monoisotopic (exact) mass is 225 g/mol. The number of hydrogen-bond donors (Lipinski definition) is 1. The Hall–Kier alpha value is -2.18. The smallest absolute Gasteiger partial charge is 0.413 e. The maximum Gasteiger partial charge on any atom is 0.413 e. The molecule has 0 saturated carbocycles. The molecular formula is C9H11N3O4. The van der Waals surface area contributed by atoms with Crippen molar-refractivity contribution in [2.24, 2.45) is 0 Å². The molecule has 0 saturated heterocycles. The lowest BCUT2D eigenvalue weighted by atomic mass is 10.3. The van der Waals surface area contributed by atoms with Gasteiger partial charge in [-0.3, -0.25) is 15.0 Å². The van der Waals surface area contributed by atoms with Gasteiger partial charge in [-0.2, -0.15) is 0 Å². The highest BCUT2D eigenvalue weighted by Crippen LogP contribution is 2.17. The molecule has 7 nitrogen and oxygen atoms in total. The van der Waals surface area contributed by atoms with Gasteiger partial charge >= 0.3 is 6.09 Å². The fraction of sp³-hybridized carbons (Fsp3) is 0.333. The van der Waals surface area contributed by atoms with E-state index in [2.05, 4.69) is 4.98 Å². The summed E-state index contributed by atoms with van der Waals surface area (Å²) in [6.45, 7) is 3.38. The summed E-state index contributed by atoms with van der Waals surface area (Å²) >= 11 is 0. The molecule has 0 unspecified atom stereocenters. The Morgan fingerprint density at radius 3 is 2.50 bits per heavy atom. The minimum absolute atomic E-state index is 0.169. The summed E-state index contributed by atoms with van der Waals surface area (Å²) in [7, 11) is 0. The highest BCUT2D eigenvalue weighted by Gasteiger charge is 2.19. The van der Waals surface area contributed by atoms with Gasteiger partial charge in [-0.1, -0.05) is 0 Å². The second-order valence-electron chi connectivity index (χ2n) is 3.38. The number of nitrogens with zero attached hydrogens (tertiary/aromatic N) is 3. The summed E-state index contributed by atoms with van der Waals surface area (Å²) in [5, 5.41) is 19.3. The Morgan fingerprint density at radius 1 is 1.56 bits per heavy atom. The van der Waals surface area contributed by atoms with Gasteiger partial charge in [-0.25, -0.2) is 9.78 Å². The highest BCUT2D eigenvalue weighted by molar-refractivity contribution is 5.85. The number of hydrogen-bond acceptors (Lipinski definition) is 4. The van der Waals surface area contributed by atoms with Gasteiger partial charge in [0.15, 0.2) is 0 Å². The molecule has 0 aliphatic heterocycles. The quantitative estimate of drug-likeness (QED) is 0.625. The lowest BCUT2D eigenvalue weighted by Crippen LogP contribution is -2.36. The van der Waals surface area contributed by atoms with Gasteiger partial charge in [0.05, 0.1) is 4.92 Å². The first-order valence-electron chi connectivity index (χ1n) is 4.56. The van der Waals surface area contributed by atoms with E-state index in [0.717, 1.165) is 11.1 Å². The van der Waals surface area contributed by atoms with Gasteiger partial charge in [0.1, 0.15) is 12.0 Å². The maximum atomic E-state index is 10.9. The van der Waals surface area contributed by atoms with E-state index in [1.807, 2.05) is 0 Å². The lowest BCUT2D eigenvalue weighted by molar-refractivity contribution is -0.385. The van der Waals surface area contributed by atoms with Crippen LogP contribution >= 0.6 is 0 Å². The Kier molecular flexibility index (Phi) is 3.39. The fourth-order valence-electron chi connectivity index (χ4n) is 1.21. The summed E-state index contributed by atoms with van der Waals surface area (Å²) in [6.07, 6.45) is -0.107. The van der Waals surface area contributed by atoms with E-state index in [4.69, 9.17) is 5.11 Å². The topological polar surface area (TPSA) is 96.6 Å². The summed E-state index contributed by atoms with van der Waals surface area (Å²) in [5.41, 5.74) is -0.169. The number of aromatic nitrogens is 1. The molecule has 0 spiro atoms. The molecule has 1 heterocycles. The standard InChI is InChI=1S/C9H11N3O4/c1-6(2)11(9(13)14)8-4-3-7(5-10-8)12(15)16/h3-6H,1-2H3,(H,13,14). The molecule has 0 radical (unpaired) electrons. The van der Waals surface area contributed by atoms with E-state index in [-0.39, 0.29) is 17.5 Å². The highest BCUT2D eigenvalue weighted by atomic mass is 16.6. The van der Waals surface area contributed by atoms with Crippen LogP contribution in [0.15, 0.2) is 18.3 Å². The van der Waals surface area contributed by atoms with Crippen molar-refractivity contribution in [2.75, 3.05) is 4.90 Å². The molecule has 0 fully saturated rings. The van der Waals surface area contributed by atoms with E-state index in [0.29, 0.717) is 0 Å². The van der Waals surface area contributed by atoms with Crippen molar-refractivity contribution >= 4 is 17.6 Å². The Labute approximate surface area is 91.5 Å². The molecule has 0 aliphatic rings. The van der Waals surface area contributed by atoms with Crippen molar-refractivity contribution in [1.29, 1.82) is 0 Å². The second-order valence-corrected chi connectivity index (χ2v) is 3.38. The molecule has 0 atom stereocenters. The van der Waals surface area contributed by atoms with Crippen LogP contribution in [0.2, 0.25) is 0 Å². The van der Waals surface area contributed by atoms with Crippen molar-refractivity contribution < 1.29 is 14.8 Å². The molecule has 0 aliphatic carbocycles. The van der Waals surface area contributed by atoms with Crippen molar-refractivity contribution in [3.63, 3.8) is 0 Å².